The Labute approximate surface area is 106 Å². The van der Waals surface area contributed by atoms with Gasteiger partial charge in [0.1, 0.15) is 11.9 Å². The van der Waals surface area contributed by atoms with Gasteiger partial charge in [-0.05, 0) is 18.6 Å². The normalized spacial score (nSPS) is 11.4. The lowest BCUT2D eigenvalue weighted by atomic mass is 10.2. The Morgan fingerprint density at radius 1 is 1.50 bits per heavy atom. The summed E-state index contributed by atoms with van der Waals surface area (Å²) in [4.78, 5) is 11.5. The molecule has 0 saturated carbocycles. The van der Waals surface area contributed by atoms with Crippen molar-refractivity contribution in [1.82, 2.24) is 5.32 Å². The van der Waals surface area contributed by atoms with Gasteiger partial charge in [0.25, 0.3) is 0 Å². The molecule has 1 aromatic rings. The van der Waals surface area contributed by atoms with Crippen LogP contribution in [0.3, 0.4) is 0 Å². The molecule has 1 rings (SSSR count). The fourth-order valence-electron chi connectivity index (χ4n) is 1.42. The molecule has 0 heterocycles. The Morgan fingerprint density at radius 2 is 2.22 bits per heavy atom. The first kappa shape index (κ1) is 14.0. The average molecular weight is 249 g/mol. The number of para-hydroxylation sites is 1. The number of carbonyl (C=O) groups is 1. The summed E-state index contributed by atoms with van der Waals surface area (Å²) in [5.74, 6) is -0.654. The second-order valence-electron chi connectivity index (χ2n) is 3.86. The standard InChI is InChI=1S/C13H16FN3O/c1-2-7-16-13(18)8-10(9-15)17-12-6-4-3-5-11(12)14/h3-6,10,17H,2,7-8H2,1H3,(H,16,18). The number of anilines is 1. The Hall–Kier alpha value is -2.09. The molecule has 96 valence electrons. The number of nitrogens with zero attached hydrogens (tertiary/aromatic N) is 1. The Kier molecular flexibility index (Phi) is 5.65. The predicted molar refractivity (Wildman–Crippen MR) is 67.3 cm³/mol. The minimum absolute atomic E-state index is 0.00480. The van der Waals surface area contributed by atoms with Crippen LogP contribution in [0.15, 0.2) is 24.3 Å². The van der Waals surface area contributed by atoms with Gasteiger partial charge in [0, 0.05) is 6.54 Å². The van der Waals surface area contributed by atoms with Gasteiger partial charge in [0.2, 0.25) is 5.91 Å². The van der Waals surface area contributed by atoms with E-state index in [2.05, 4.69) is 10.6 Å². The van der Waals surface area contributed by atoms with Crippen LogP contribution >= 0.6 is 0 Å². The van der Waals surface area contributed by atoms with Crippen LogP contribution in [0.5, 0.6) is 0 Å². The number of nitriles is 1. The van der Waals surface area contributed by atoms with Crippen LogP contribution < -0.4 is 10.6 Å². The summed E-state index contributed by atoms with van der Waals surface area (Å²) in [5.41, 5.74) is 0.229. The summed E-state index contributed by atoms with van der Waals surface area (Å²) in [7, 11) is 0. The summed E-state index contributed by atoms with van der Waals surface area (Å²) in [6, 6.07) is 7.27. The molecule has 5 heteroatoms. The van der Waals surface area contributed by atoms with Crippen LogP contribution in [0.1, 0.15) is 19.8 Å². The van der Waals surface area contributed by atoms with Gasteiger partial charge in [-0.25, -0.2) is 4.39 Å². The van der Waals surface area contributed by atoms with Crippen molar-refractivity contribution in [3.8, 4) is 6.07 Å². The number of hydrogen-bond donors (Lipinski definition) is 2. The maximum Gasteiger partial charge on any atom is 0.223 e. The highest BCUT2D eigenvalue weighted by Crippen LogP contribution is 2.14. The van der Waals surface area contributed by atoms with Crippen LogP contribution in [-0.2, 0) is 4.79 Å². The lowest BCUT2D eigenvalue weighted by molar-refractivity contribution is -0.121. The van der Waals surface area contributed by atoms with E-state index in [-0.39, 0.29) is 18.0 Å². The van der Waals surface area contributed by atoms with Gasteiger partial charge in [0.05, 0.1) is 18.2 Å². The first-order valence-electron chi connectivity index (χ1n) is 5.84. The first-order chi connectivity index (χ1) is 8.67. The first-order valence-corrected chi connectivity index (χ1v) is 5.84. The summed E-state index contributed by atoms with van der Waals surface area (Å²) in [6.45, 7) is 2.52. The molecule has 0 saturated heterocycles. The molecule has 1 atom stereocenters. The van der Waals surface area contributed by atoms with Crippen molar-refractivity contribution < 1.29 is 9.18 Å². The zero-order valence-electron chi connectivity index (χ0n) is 10.2. The van der Waals surface area contributed by atoms with Crippen molar-refractivity contribution in [2.75, 3.05) is 11.9 Å². The predicted octanol–water partition coefficient (Wildman–Crippen LogP) is 2.05. The summed E-state index contributed by atoms with van der Waals surface area (Å²) < 4.78 is 13.4. The van der Waals surface area contributed by atoms with Gasteiger partial charge in [-0.3, -0.25) is 4.79 Å². The van der Waals surface area contributed by atoms with Gasteiger partial charge in [-0.1, -0.05) is 19.1 Å². The molecular formula is C13H16FN3O. The largest absolute Gasteiger partial charge is 0.367 e. The van der Waals surface area contributed by atoms with Crippen molar-refractivity contribution in [1.29, 1.82) is 5.26 Å². The van der Waals surface area contributed by atoms with Gasteiger partial charge >= 0.3 is 0 Å². The highest BCUT2D eigenvalue weighted by molar-refractivity contribution is 5.77. The maximum atomic E-state index is 13.4. The second-order valence-corrected chi connectivity index (χ2v) is 3.86. The van der Waals surface area contributed by atoms with Gasteiger partial charge in [0.15, 0.2) is 0 Å². The van der Waals surface area contributed by atoms with Crippen molar-refractivity contribution in [3.05, 3.63) is 30.1 Å². The molecule has 0 aromatic heterocycles. The molecule has 0 aliphatic heterocycles. The summed E-state index contributed by atoms with van der Waals surface area (Å²) in [6.07, 6.45) is 0.842. The topological polar surface area (TPSA) is 64.9 Å². The fraction of sp³-hybridized carbons (Fsp3) is 0.385. The molecule has 0 bridgehead atoms. The SMILES string of the molecule is CCCNC(=O)CC(C#N)Nc1ccccc1F. The van der Waals surface area contributed by atoms with E-state index in [9.17, 15) is 9.18 Å². The smallest absolute Gasteiger partial charge is 0.223 e. The molecule has 18 heavy (non-hydrogen) atoms. The molecule has 1 amide bonds. The molecule has 1 aromatic carbocycles. The van der Waals surface area contributed by atoms with E-state index in [1.165, 1.54) is 12.1 Å². The zero-order valence-corrected chi connectivity index (χ0v) is 10.2. The van der Waals surface area contributed by atoms with Gasteiger partial charge in [-0.15, -0.1) is 0 Å². The van der Waals surface area contributed by atoms with E-state index in [1.807, 2.05) is 13.0 Å². The lowest BCUT2D eigenvalue weighted by Gasteiger charge is -2.13. The molecule has 0 aliphatic carbocycles. The van der Waals surface area contributed by atoms with E-state index in [1.54, 1.807) is 12.1 Å². The number of rotatable bonds is 6. The van der Waals surface area contributed by atoms with Crippen molar-refractivity contribution >= 4 is 11.6 Å². The highest BCUT2D eigenvalue weighted by atomic mass is 19.1. The van der Waals surface area contributed by atoms with E-state index in [0.29, 0.717) is 6.54 Å². The monoisotopic (exact) mass is 249 g/mol. The molecule has 0 aliphatic rings. The Balaban J connectivity index is 2.56. The zero-order chi connectivity index (χ0) is 13.4. The third-order valence-electron chi connectivity index (χ3n) is 2.32. The minimum atomic E-state index is -0.737. The van der Waals surface area contributed by atoms with E-state index in [0.717, 1.165) is 6.42 Å². The van der Waals surface area contributed by atoms with E-state index in [4.69, 9.17) is 5.26 Å². The molecule has 2 N–H and O–H groups in total. The number of carbonyl (C=O) groups excluding carboxylic acids is 1. The lowest BCUT2D eigenvalue weighted by Crippen LogP contribution is -2.30. The highest BCUT2D eigenvalue weighted by Gasteiger charge is 2.14. The molecular weight excluding hydrogens is 233 g/mol. The minimum Gasteiger partial charge on any atom is -0.367 e. The average Bonchev–Trinajstić information content (AvgIpc) is 2.38. The fourth-order valence-corrected chi connectivity index (χ4v) is 1.42. The molecule has 4 nitrogen and oxygen atoms in total. The van der Waals surface area contributed by atoms with Crippen LogP contribution in [-0.4, -0.2) is 18.5 Å². The van der Waals surface area contributed by atoms with Crippen molar-refractivity contribution in [3.63, 3.8) is 0 Å². The van der Waals surface area contributed by atoms with Crippen molar-refractivity contribution in [2.24, 2.45) is 0 Å². The van der Waals surface area contributed by atoms with Crippen LogP contribution in [0, 0.1) is 17.1 Å². The summed E-state index contributed by atoms with van der Waals surface area (Å²) in [5, 5.41) is 14.3. The van der Waals surface area contributed by atoms with Crippen molar-refractivity contribution in [2.45, 2.75) is 25.8 Å². The van der Waals surface area contributed by atoms with Crippen LogP contribution in [0.2, 0.25) is 0 Å². The third kappa shape index (κ3) is 4.42. The molecule has 0 radical (unpaired) electrons. The molecule has 0 fully saturated rings. The number of hydrogen-bond acceptors (Lipinski definition) is 3. The number of amides is 1. The van der Waals surface area contributed by atoms with E-state index >= 15 is 0 Å². The van der Waals surface area contributed by atoms with Gasteiger partial charge in [-0.2, -0.15) is 5.26 Å². The van der Waals surface area contributed by atoms with Crippen LogP contribution in [0.25, 0.3) is 0 Å². The number of benzene rings is 1. The maximum absolute atomic E-state index is 13.4. The third-order valence-corrected chi connectivity index (χ3v) is 2.32. The summed E-state index contributed by atoms with van der Waals surface area (Å²) >= 11 is 0. The Bertz CT molecular complexity index is 442. The van der Waals surface area contributed by atoms with Crippen LogP contribution in [0.4, 0.5) is 10.1 Å². The Morgan fingerprint density at radius 3 is 2.83 bits per heavy atom. The number of nitrogens with one attached hydrogen (secondary N) is 2. The molecule has 1 unspecified atom stereocenters. The number of halogens is 1. The quantitative estimate of drug-likeness (QED) is 0.811. The van der Waals surface area contributed by atoms with E-state index < -0.39 is 11.9 Å². The molecule has 0 spiro atoms. The second kappa shape index (κ2) is 7.28. The van der Waals surface area contributed by atoms with Gasteiger partial charge < -0.3 is 10.6 Å².